The molecular formula is C17H18N6O5. The second kappa shape index (κ2) is 7.13. The van der Waals surface area contributed by atoms with Crippen LogP contribution in [0.3, 0.4) is 0 Å². The van der Waals surface area contributed by atoms with Gasteiger partial charge in [-0.05, 0) is 12.1 Å². The van der Waals surface area contributed by atoms with Gasteiger partial charge in [0.25, 0.3) is 5.91 Å². The highest BCUT2D eigenvalue weighted by Gasteiger charge is 2.45. The van der Waals surface area contributed by atoms with Gasteiger partial charge in [0.15, 0.2) is 23.2 Å². The number of nitrogen functional groups attached to an aromatic ring is 1. The number of aliphatic hydroxyl groups excluding tert-OH is 3. The molecule has 0 spiro atoms. The maximum Gasteiger partial charge on any atom is 0.291 e. The summed E-state index contributed by atoms with van der Waals surface area (Å²) in [6.07, 6.45) is -3.81. The van der Waals surface area contributed by atoms with Crippen molar-refractivity contribution >= 4 is 28.6 Å². The van der Waals surface area contributed by atoms with Gasteiger partial charge in [0.1, 0.15) is 24.6 Å². The minimum absolute atomic E-state index is 0.0456. The third-order valence-corrected chi connectivity index (χ3v) is 4.51. The fraction of sp³-hybridized carbons (Fsp3) is 0.294. The number of hydrogen-bond donors (Lipinski definition) is 5. The van der Waals surface area contributed by atoms with Crippen LogP contribution in [-0.4, -0.2) is 65.7 Å². The lowest BCUT2D eigenvalue weighted by atomic mass is 10.1. The number of aliphatic hydroxyl groups is 3. The highest BCUT2D eigenvalue weighted by molar-refractivity contribution is 6.04. The van der Waals surface area contributed by atoms with Gasteiger partial charge >= 0.3 is 0 Å². The molecule has 2 aromatic heterocycles. The molecule has 6 N–H and O–H groups in total. The molecule has 4 unspecified atom stereocenters. The van der Waals surface area contributed by atoms with E-state index in [1.165, 1.54) is 10.9 Å². The fourth-order valence-corrected chi connectivity index (χ4v) is 3.13. The quantitative estimate of drug-likeness (QED) is 0.388. The number of imidazole rings is 1. The van der Waals surface area contributed by atoms with Crippen LogP contribution in [0.2, 0.25) is 0 Å². The van der Waals surface area contributed by atoms with Crippen LogP contribution in [0.4, 0.5) is 11.5 Å². The number of nitrogens with one attached hydrogen (secondary N) is 1. The predicted octanol–water partition coefficient (Wildman–Crippen LogP) is -0.728. The topological polar surface area (TPSA) is 169 Å². The maximum atomic E-state index is 12.9. The molecule has 11 heteroatoms. The van der Waals surface area contributed by atoms with Crippen molar-refractivity contribution in [2.24, 2.45) is 0 Å². The highest BCUT2D eigenvalue weighted by Crippen LogP contribution is 2.33. The zero-order valence-electron chi connectivity index (χ0n) is 14.5. The van der Waals surface area contributed by atoms with E-state index < -0.39 is 37.1 Å². The third kappa shape index (κ3) is 2.96. The molecule has 1 aliphatic heterocycles. The summed E-state index contributed by atoms with van der Waals surface area (Å²) in [5.41, 5.74) is 6.69. The van der Waals surface area contributed by atoms with Crippen LogP contribution in [0.15, 0.2) is 36.7 Å². The number of para-hydroxylation sites is 1. The summed E-state index contributed by atoms with van der Waals surface area (Å²) in [5, 5.41) is 32.6. The van der Waals surface area contributed by atoms with Crippen LogP contribution >= 0.6 is 0 Å². The summed E-state index contributed by atoms with van der Waals surface area (Å²) in [5.74, 6) is -0.688. The second-order valence-corrected chi connectivity index (χ2v) is 6.29. The first-order valence-corrected chi connectivity index (χ1v) is 8.48. The van der Waals surface area contributed by atoms with E-state index in [1.807, 2.05) is 0 Å². The average Bonchev–Trinajstić information content (AvgIpc) is 3.22. The predicted molar refractivity (Wildman–Crippen MR) is 97.1 cm³/mol. The summed E-state index contributed by atoms with van der Waals surface area (Å²) in [4.78, 5) is 25.1. The van der Waals surface area contributed by atoms with Crippen LogP contribution in [-0.2, 0) is 4.74 Å². The molecule has 1 fully saturated rings. The van der Waals surface area contributed by atoms with E-state index in [1.54, 1.807) is 30.3 Å². The molecule has 0 aliphatic carbocycles. The summed E-state index contributed by atoms with van der Waals surface area (Å²) in [6, 6.07) is 8.72. The Hall–Kier alpha value is -3.12. The van der Waals surface area contributed by atoms with Gasteiger partial charge in [-0.15, -0.1) is 0 Å². The molecule has 0 radical (unpaired) electrons. The molecule has 28 heavy (non-hydrogen) atoms. The van der Waals surface area contributed by atoms with Crippen molar-refractivity contribution < 1.29 is 24.9 Å². The molecule has 1 amide bonds. The minimum atomic E-state index is -1.42. The number of anilines is 2. The number of carbonyl (C=O) groups excluding carboxylic acids is 1. The number of aromatic nitrogens is 4. The van der Waals surface area contributed by atoms with Crippen molar-refractivity contribution in [2.75, 3.05) is 17.7 Å². The first kappa shape index (κ1) is 18.3. The lowest BCUT2D eigenvalue weighted by Gasteiger charge is -2.19. The monoisotopic (exact) mass is 386 g/mol. The number of benzene rings is 1. The Balaban J connectivity index is 1.81. The molecule has 1 saturated heterocycles. The van der Waals surface area contributed by atoms with Gasteiger partial charge in [-0.2, -0.15) is 0 Å². The van der Waals surface area contributed by atoms with Crippen molar-refractivity contribution in [3.8, 4) is 0 Å². The Morgan fingerprint density at radius 3 is 2.64 bits per heavy atom. The number of rotatable bonds is 4. The van der Waals surface area contributed by atoms with Gasteiger partial charge in [-0.3, -0.25) is 9.36 Å². The maximum absolute atomic E-state index is 12.9. The number of nitrogens with zero attached hydrogens (tertiary/aromatic N) is 4. The second-order valence-electron chi connectivity index (χ2n) is 6.29. The zero-order valence-corrected chi connectivity index (χ0v) is 14.5. The number of amides is 1. The van der Waals surface area contributed by atoms with E-state index in [4.69, 9.17) is 10.5 Å². The molecular weight excluding hydrogens is 368 g/mol. The molecule has 0 saturated carbocycles. The first-order valence-electron chi connectivity index (χ1n) is 8.48. The number of nitrogens with two attached hydrogens (primary N) is 1. The molecule has 3 aromatic rings. The molecule has 0 bridgehead atoms. The van der Waals surface area contributed by atoms with Crippen molar-refractivity contribution in [1.29, 1.82) is 0 Å². The fourth-order valence-electron chi connectivity index (χ4n) is 3.13. The van der Waals surface area contributed by atoms with Crippen LogP contribution < -0.4 is 11.1 Å². The lowest BCUT2D eigenvalue weighted by Crippen LogP contribution is -2.33. The van der Waals surface area contributed by atoms with Gasteiger partial charge in [0.05, 0.1) is 6.61 Å². The van der Waals surface area contributed by atoms with Crippen molar-refractivity contribution in [2.45, 2.75) is 24.5 Å². The van der Waals surface area contributed by atoms with Gasteiger partial charge in [0, 0.05) is 5.69 Å². The largest absolute Gasteiger partial charge is 0.394 e. The van der Waals surface area contributed by atoms with Crippen LogP contribution in [0.5, 0.6) is 0 Å². The standard InChI is InChI=1S/C17H18N6O5/c18-13-10-14(20-7-19-13)23(17-12(26)11(25)9(6-24)28-17)15(22-10)16(27)21-8-4-2-1-3-5-8/h1-5,7,9,11-12,17,24-26H,6H2,(H,21,27)(H2,18,19,20). The Morgan fingerprint density at radius 1 is 1.21 bits per heavy atom. The summed E-state index contributed by atoms with van der Waals surface area (Å²) < 4.78 is 6.81. The van der Waals surface area contributed by atoms with E-state index in [0.717, 1.165) is 0 Å². The van der Waals surface area contributed by atoms with Crippen molar-refractivity contribution in [3.05, 3.63) is 42.5 Å². The van der Waals surface area contributed by atoms with Gasteiger partial charge in [-0.25, -0.2) is 15.0 Å². The minimum Gasteiger partial charge on any atom is -0.394 e. The van der Waals surface area contributed by atoms with E-state index in [2.05, 4.69) is 20.3 Å². The Bertz CT molecular complexity index is 1010. The molecule has 4 rings (SSSR count). The summed E-state index contributed by atoms with van der Waals surface area (Å²) in [6.45, 7) is -0.510. The molecule has 11 nitrogen and oxygen atoms in total. The Labute approximate surface area is 158 Å². The van der Waals surface area contributed by atoms with Crippen molar-refractivity contribution in [1.82, 2.24) is 19.5 Å². The first-order chi connectivity index (χ1) is 13.5. The summed E-state index contributed by atoms with van der Waals surface area (Å²) in [7, 11) is 0. The third-order valence-electron chi connectivity index (χ3n) is 4.51. The lowest BCUT2D eigenvalue weighted by molar-refractivity contribution is -0.0517. The number of ether oxygens (including phenoxy) is 1. The van der Waals surface area contributed by atoms with Crippen LogP contribution in [0.25, 0.3) is 11.2 Å². The van der Waals surface area contributed by atoms with Crippen LogP contribution in [0.1, 0.15) is 16.8 Å². The van der Waals surface area contributed by atoms with Gasteiger partial charge < -0.3 is 31.1 Å². The summed E-state index contributed by atoms with van der Waals surface area (Å²) >= 11 is 0. The van der Waals surface area contributed by atoms with E-state index in [9.17, 15) is 20.1 Å². The molecule has 4 atom stereocenters. The van der Waals surface area contributed by atoms with Crippen molar-refractivity contribution in [3.63, 3.8) is 0 Å². The number of fused-ring (bicyclic) bond motifs is 1. The SMILES string of the molecule is Nc1ncnc2c1nc(C(=O)Nc1ccccc1)n2C1OC(CO)C(O)C1O. The van der Waals surface area contributed by atoms with E-state index in [0.29, 0.717) is 5.69 Å². The number of hydrogen-bond acceptors (Lipinski definition) is 9. The highest BCUT2D eigenvalue weighted by atomic mass is 16.6. The molecule has 1 aliphatic rings. The molecule has 3 heterocycles. The van der Waals surface area contributed by atoms with E-state index in [-0.39, 0.29) is 22.8 Å². The molecule has 146 valence electrons. The van der Waals surface area contributed by atoms with Crippen LogP contribution in [0, 0.1) is 0 Å². The smallest absolute Gasteiger partial charge is 0.291 e. The zero-order chi connectivity index (χ0) is 19.8. The normalized spacial score (nSPS) is 24.5. The Morgan fingerprint density at radius 2 is 1.96 bits per heavy atom. The molecule has 1 aromatic carbocycles. The Kier molecular flexibility index (Phi) is 4.65. The van der Waals surface area contributed by atoms with Gasteiger partial charge in [-0.1, -0.05) is 18.2 Å². The number of carbonyl (C=O) groups is 1. The van der Waals surface area contributed by atoms with E-state index >= 15 is 0 Å². The average molecular weight is 386 g/mol. The van der Waals surface area contributed by atoms with Gasteiger partial charge in [0.2, 0.25) is 5.82 Å².